The summed E-state index contributed by atoms with van der Waals surface area (Å²) in [5, 5.41) is 11.9. The lowest BCUT2D eigenvalue weighted by Gasteiger charge is -2.36. The quantitative estimate of drug-likeness (QED) is 0.352. The van der Waals surface area contributed by atoms with Crippen molar-refractivity contribution in [2.75, 3.05) is 70.6 Å². The number of piperazine rings is 1. The molecule has 0 saturated carbocycles. The summed E-state index contributed by atoms with van der Waals surface area (Å²) in [6.45, 7) is 3.76. The Hall–Kier alpha value is -3.26. The summed E-state index contributed by atoms with van der Waals surface area (Å²) >= 11 is 0. The van der Waals surface area contributed by atoms with Crippen LogP contribution < -0.4 is 9.64 Å². The fourth-order valence-corrected chi connectivity index (χ4v) is 6.43. The third kappa shape index (κ3) is 6.16. The van der Waals surface area contributed by atoms with Gasteiger partial charge < -0.3 is 24.0 Å². The van der Waals surface area contributed by atoms with Gasteiger partial charge in [-0.05, 0) is 49.2 Å². The molecule has 12 nitrogen and oxygen atoms in total. The summed E-state index contributed by atoms with van der Waals surface area (Å²) in [6, 6.07) is 11.0. The Morgan fingerprint density at radius 1 is 1.00 bits per heavy atom. The van der Waals surface area contributed by atoms with E-state index in [0.717, 1.165) is 25.5 Å². The lowest BCUT2D eigenvalue weighted by molar-refractivity contribution is -0.384. The van der Waals surface area contributed by atoms with Crippen LogP contribution in [0.1, 0.15) is 23.2 Å². The average molecular weight is 561 g/mol. The number of ether oxygens (including phenoxy) is 3. The maximum Gasteiger partial charge on any atom is 0.293 e. The Morgan fingerprint density at radius 2 is 1.72 bits per heavy atom. The maximum absolute atomic E-state index is 13.1. The van der Waals surface area contributed by atoms with Crippen LogP contribution in [0.25, 0.3) is 0 Å². The van der Waals surface area contributed by atoms with Crippen molar-refractivity contribution in [2.24, 2.45) is 0 Å². The molecule has 0 spiro atoms. The Balaban J connectivity index is 1.21. The molecule has 0 aromatic heterocycles. The third-order valence-electron chi connectivity index (χ3n) is 7.22. The molecule has 0 N–H and O–H groups in total. The number of benzene rings is 2. The van der Waals surface area contributed by atoms with Gasteiger partial charge in [0.2, 0.25) is 10.0 Å². The van der Waals surface area contributed by atoms with Crippen LogP contribution in [-0.4, -0.2) is 100 Å². The predicted octanol–water partition coefficient (Wildman–Crippen LogP) is 2.14. The standard InChI is InChI=1S/C26H32N4O8S/c31-26(20-3-5-21(6-4-20)38-19-22-2-1-15-37-22)28-11-9-27(10-12-28)24-8-7-23(18-25(24)30(32)33)39(34,35)29-13-16-36-17-14-29/h3-8,18,22H,1-2,9-17,19H2/t22-/m0/s1. The molecule has 2 aromatic carbocycles. The zero-order chi connectivity index (χ0) is 27.4. The number of morpholine rings is 1. The molecule has 3 aliphatic heterocycles. The number of nitrogens with zero attached hydrogens (tertiary/aromatic N) is 4. The van der Waals surface area contributed by atoms with E-state index in [1.165, 1.54) is 16.4 Å². The highest BCUT2D eigenvalue weighted by molar-refractivity contribution is 7.89. The number of carbonyl (C=O) groups excluding carboxylic acids is 1. The van der Waals surface area contributed by atoms with E-state index in [1.807, 2.05) is 4.90 Å². The molecule has 13 heteroatoms. The van der Waals surface area contributed by atoms with E-state index in [-0.39, 0.29) is 48.9 Å². The van der Waals surface area contributed by atoms with Gasteiger partial charge in [0.1, 0.15) is 18.0 Å². The fraction of sp³-hybridized carbons (Fsp3) is 0.500. The van der Waals surface area contributed by atoms with Gasteiger partial charge in [-0.1, -0.05) is 0 Å². The minimum Gasteiger partial charge on any atom is -0.491 e. The second-order valence-electron chi connectivity index (χ2n) is 9.67. The van der Waals surface area contributed by atoms with Crippen LogP contribution in [0.3, 0.4) is 0 Å². The first-order valence-corrected chi connectivity index (χ1v) is 14.5. The normalized spacial score (nSPS) is 20.7. The molecule has 5 rings (SSSR count). The number of hydrogen-bond acceptors (Lipinski definition) is 9. The summed E-state index contributed by atoms with van der Waals surface area (Å²) in [6.07, 6.45) is 2.15. The highest BCUT2D eigenvalue weighted by atomic mass is 32.2. The minimum atomic E-state index is -3.87. The van der Waals surface area contributed by atoms with Crippen molar-refractivity contribution in [1.29, 1.82) is 0 Å². The highest BCUT2D eigenvalue weighted by Crippen LogP contribution is 2.33. The number of rotatable bonds is 8. The van der Waals surface area contributed by atoms with Crippen molar-refractivity contribution < 1.29 is 32.3 Å². The SMILES string of the molecule is O=C(c1ccc(OC[C@@H]2CCCO2)cc1)N1CCN(c2ccc(S(=O)(=O)N3CCOCC3)cc2[N+](=O)[O-])CC1. The van der Waals surface area contributed by atoms with E-state index in [0.29, 0.717) is 49.8 Å². The number of amides is 1. The molecule has 3 heterocycles. The van der Waals surface area contributed by atoms with Gasteiger partial charge in [-0.15, -0.1) is 0 Å². The summed E-state index contributed by atoms with van der Waals surface area (Å²) < 4.78 is 43.8. The minimum absolute atomic E-state index is 0.114. The van der Waals surface area contributed by atoms with Gasteiger partial charge in [0.25, 0.3) is 11.6 Å². The molecule has 0 aliphatic carbocycles. The van der Waals surface area contributed by atoms with Gasteiger partial charge in [0, 0.05) is 57.5 Å². The van der Waals surface area contributed by atoms with E-state index in [1.54, 1.807) is 29.2 Å². The van der Waals surface area contributed by atoms with E-state index < -0.39 is 14.9 Å². The van der Waals surface area contributed by atoms with Crippen LogP contribution in [0, 0.1) is 10.1 Å². The Bertz CT molecular complexity index is 1280. The lowest BCUT2D eigenvalue weighted by Crippen LogP contribution is -2.49. The summed E-state index contributed by atoms with van der Waals surface area (Å²) in [4.78, 5) is 27.8. The third-order valence-corrected chi connectivity index (χ3v) is 9.11. The van der Waals surface area contributed by atoms with Gasteiger partial charge in [0.15, 0.2) is 0 Å². The van der Waals surface area contributed by atoms with Crippen molar-refractivity contribution in [3.63, 3.8) is 0 Å². The van der Waals surface area contributed by atoms with Crippen LogP contribution >= 0.6 is 0 Å². The molecule has 2 aromatic rings. The van der Waals surface area contributed by atoms with Crippen molar-refractivity contribution in [1.82, 2.24) is 9.21 Å². The molecule has 39 heavy (non-hydrogen) atoms. The smallest absolute Gasteiger partial charge is 0.293 e. The lowest BCUT2D eigenvalue weighted by atomic mass is 10.1. The summed E-state index contributed by atoms with van der Waals surface area (Å²) in [7, 11) is -3.87. The first-order valence-electron chi connectivity index (χ1n) is 13.1. The van der Waals surface area contributed by atoms with E-state index in [2.05, 4.69) is 0 Å². The number of nitro groups is 1. The molecule has 1 atom stereocenters. The second-order valence-corrected chi connectivity index (χ2v) is 11.6. The van der Waals surface area contributed by atoms with Crippen LogP contribution in [0.5, 0.6) is 5.75 Å². The van der Waals surface area contributed by atoms with Gasteiger partial charge in [-0.3, -0.25) is 14.9 Å². The van der Waals surface area contributed by atoms with Gasteiger partial charge in [0.05, 0.1) is 29.1 Å². The predicted molar refractivity (Wildman–Crippen MR) is 142 cm³/mol. The van der Waals surface area contributed by atoms with Crippen molar-refractivity contribution in [2.45, 2.75) is 23.8 Å². The van der Waals surface area contributed by atoms with Crippen LogP contribution in [0.4, 0.5) is 11.4 Å². The average Bonchev–Trinajstić information content (AvgIpc) is 3.50. The Labute approximate surface area is 227 Å². The van der Waals surface area contributed by atoms with Crippen molar-refractivity contribution >= 4 is 27.3 Å². The molecule has 0 radical (unpaired) electrons. The van der Waals surface area contributed by atoms with E-state index >= 15 is 0 Å². The molecular weight excluding hydrogens is 528 g/mol. The molecule has 3 fully saturated rings. The topological polar surface area (TPSA) is 132 Å². The molecule has 210 valence electrons. The van der Waals surface area contributed by atoms with Gasteiger partial charge in [-0.2, -0.15) is 4.31 Å². The molecule has 3 aliphatic rings. The van der Waals surface area contributed by atoms with Crippen LogP contribution in [-0.2, 0) is 19.5 Å². The van der Waals surface area contributed by atoms with Gasteiger partial charge in [-0.25, -0.2) is 8.42 Å². The number of carbonyl (C=O) groups is 1. The zero-order valence-electron chi connectivity index (χ0n) is 21.6. The van der Waals surface area contributed by atoms with E-state index in [4.69, 9.17) is 14.2 Å². The Morgan fingerprint density at radius 3 is 2.36 bits per heavy atom. The highest BCUT2D eigenvalue weighted by Gasteiger charge is 2.31. The summed E-state index contributed by atoms with van der Waals surface area (Å²) in [5.41, 5.74) is 0.597. The summed E-state index contributed by atoms with van der Waals surface area (Å²) in [5.74, 6) is 0.556. The number of sulfonamides is 1. The van der Waals surface area contributed by atoms with E-state index in [9.17, 15) is 23.3 Å². The van der Waals surface area contributed by atoms with Gasteiger partial charge >= 0.3 is 0 Å². The number of nitro benzene ring substituents is 1. The molecule has 0 unspecified atom stereocenters. The molecular formula is C26H32N4O8S. The maximum atomic E-state index is 13.1. The number of hydrogen-bond donors (Lipinski definition) is 0. The second kappa shape index (κ2) is 11.9. The molecule has 1 amide bonds. The Kier molecular flexibility index (Phi) is 8.31. The first-order chi connectivity index (χ1) is 18.8. The van der Waals surface area contributed by atoms with Crippen LogP contribution in [0.15, 0.2) is 47.4 Å². The molecule has 3 saturated heterocycles. The fourth-order valence-electron chi connectivity index (χ4n) is 5.01. The zero-order valence-corrected chi connectivity index (χ0v) is 22.4. The van der Waals surface area contributed by atoms with Crippen molar-refractivity contribution in [3.05, 3.63) is 58.1 Å². The monoisotopic (exact) mass is 560 g/mol. The first kappa shape index (κ1) is 27.3. The molecule has 0 bridgehead atoms. The van der Waals surface area contributed by atoms with Crippen molar-refractivity contribution in [3.8, 4) is 5.75 Å². The van der Waals surface area contributed by atoms with Crippen LogP contribution in [0.2, 0.25) is 0 Å². The largest absolute Gasteiger partial charge is 0.491 e. The number of anilines is 1.